The van der Waals surface area contributed by atoms with E-state index in [4.69, 9.17) is 4.74 Å². The first-order valence-corrected chi connectivity index (χ1v) is 7.42. The van der Waals surface area contributed by atoms with Gasteiger partial charge in [0.15, 0.2) is 0 Å². The lowest BCUT2D eigenvalue weighted by atomic mass is 10.0. The van der Waals surface area contributed by atoms with E-state index in [9.17, 15) is 9.59 Å². The molecule has 0 unspecified atom stereocenters. The zero-order valence-electron chi connectivity index (χ0n) is 13.2. The van der Waals surface area contributed by atoms with Crippen LogP contribution in [0.25, 0.3) is 0 Å². The number of nitrogens with one attached hydrogen (secondary N) is 1. The fourth-order valence-electron chi connectivity index (χ4n) is 2.95. The number of alkyl carbamates (subject to hydrolysis) is 1. The maximum atomic E-state index is 12.4. The van der Waals surface area contributed by atoms with E-state index in [2.05, 4.69) is 12.2 Å². The molecule has 5 heteroatoms. The van der Waals surface area contributed by atoms with Crippen LogP contribution in [-0.2, 0) is 9.53 Å². The fourth-order valence-corrected chi connectivity index (χ4v) is 2.95. The molecule has 1 heterocycles. The molecule has 1 N–H and O–H groups in total. The molecule has 1 saturated carbocycles. The van der Waals surface area contributed by atoms with Crippen molar-refractivity contribution < 1.29 is 14.3 Å². The van der Waals surface area contributed by atoms with Gasteiger partial charge in [0, 0.05) is 12.6 Å². The molecular formula is C15H26N2O3. The molecule has 2 aliphatic rings. The van der Waals surface area contributed by atoms with Crippen molar-refractivity contribution in [2.75, 3.05) is 6.54 Å². The van der Waals surface area contributed by atoms with E-state index in [0.29, 0.717) is 5.41 Å². The first-order chi connectivity index (χ1) is 9.12. The molecule has 1 aliphatic carbocycles. The highest BCUT2D eigenvalue weighted by Gasteiger charge is 2.52. The summed E-state index contributed by atoms with van der Waals surface area (Å²) in [5, 5.41) is 2.63. The highest BCUT2D eigenvalue weighted by atomic mass is 16.6. The van der Waals surface area contributed by atoms with Gasteiger partial charge in [0.1, 0.15) is 11.6 Å². The molecule has 0 aromatic carbocycles. The zero-order chi connectivity index (χ0) is 15.1. The Morgan fingerprint density at radius 2 is 1.95 bits per heavy atom. The summed E-state index contributed by atoms with van der Waals surface area (Å²) in [6.45, 7) is 10.1. The van der Waals surface area contributed by atoms with E-state index in [1.807, 2.05) is 4.90 Å². The van der Waals surface area contributed by atoms with E-state index in [-0.39, 0.29) is 11.9 Å². The van der Waals surface area contributed by atoms with Gasteiger partial charge in [-0.2, -0.15) is 0 Å². The maximum absolute atomic E-state index is 12.4. The van der Waals surface area contributed by atoms with Gasteiger partial charge < -0.3 is 15.0 Å². The molecule has 1 aliphatic heterocycles. The Hall–Kier alpha value is -1.26. The van der Waals surface area contributed by atoms with Crippen LogP contribution in [0.2, 0.25) is 0 Å². The second kappa shape index (κ2) is 4.93. The normalized spacial score (nSPS) is 25.4. The van der Waals surface area contributed by atoms with Crippen LogP contribution in [0.4, 0.5) is 4.79 Å². The van der Waals surface area contributed by atoms with Gasteiger partial charge in [-0.05, 0) is 59.3 Å². The van der Waals surface area contributed by atoms with E-state index < -0.39 is 17.7 Å². The summed E-state index contributed by atoms with van der Waals surface area (Å²) < 4.78 is 5.18. The van der Waals surface area contributed by atoms with Crippen molar-refractivity contribution in [2.45, 2.75) is 71.6 Å². The Bertz CT molecular complexity index is 410. The monoisotopic (exact) mass is 282 g/mol. The van der Waals surface area contributed by atoms with E-state index >= 15 is 0 Å². The van der Waals surface area contributed by atoms with Crippen molar-refractivity contribution in [3.8, 4) is 0 Å². The quantitative estimate of drug-likeness (QED) is 0.845. The Morgan fingerprint density at radius 1 is 1.35 bits per heavy atom. The standard InChI is InChI=1S/C15H26N2O3/c1-10-8-15(6-7-15)9-17(10)12(18)11(2)16-13(19)20-14(3,4)5/h10-11H,6-9H2,1-5H3,(H,16,19)/t10-,11-/m1/s1. The average Bonchev–Trinajstić information content (AvgIpc) is 2.92. The SMILES string of the molecule is C[C@@H]1CC2(CC2)CN1C(=O)[C@@H](C)NC(=O)OC(C)(C)C. The van der Waals surface area contributed by atoms with Crippen molar-refractivity contribution in [1.82, 2.24) is 10.2 Å². The zero-order valence-corrected chi connectivity index (χ0v) is 13.2. The molecule has 2 rings (SSSR count). The molecule has 2 atom stereocenters. The minimum atomic E-state index is -0.550. The molecule has 1 spiro atoms. The Morgan fingerprint density at radius 3 is 2.40 bits per heavy atom. The summed E-state index contributed by atoms with van der Waals surface area (Å²) in [6.07, 6.45) is 3.02. The van der Waals surface area contributed by atoms with Gasteiger partial charge in [0.25, 0.3) is 0 Å². The summed E-state index contributed by atoms with van der Waals surface area (Å²) >= 11 is 0. The summed E-state index contributed by atoms with van der Waals surface area (Å²) in [5.41, 5.74) is -0.160. The van der Waals surface area contributed by atoms with Gasteiger partial charge >= 0.3 is 6.09 Å². The lowest BCUT2D eigenvalue weighted by Crippen LogP contribution is -2.49. The predicted molar refractivity (Wildman–Crippen MR) is 76.3 cm³/mol. The molecule has 114 valence electrons. The van der Waals surface area contributed by atoms with Crippen LogP contribution in [0.1, 0.15) is 53.9 Å². The molecular weight excluding hydrogens is 256 g/mol. The number of likely N-dealkylation sites (tertiary alicyclic amines) is 1. The molecule has 0 aromatic heterocycles. The van der Waals surface area contributed by atoms with Gasteiger partial charge in [0.2, 0.25) is 5.91 Å². The van der Waals surface area contributed by atoms with E-state index in [1.54, 1.807) is 27.7 Å². The van der Waals surface area contributed by atoms with Crippen molar-refractivity contribution in [3.05, 3.63) is 0 Å². The Labute approximate surface area is 121 Å². The van der Waals surface area contributed by atoms with Crippen LogP contribution in [0.15, 0.2) is 0 Å². The summed E-state index contributed by atoms with van der Waals surface area (Å²) in [4.78, 5) is 26.0. The third kappa shape index (κ3) is 3.44. The minimum Gasteiger partial charge on any atom is -0.444 e. The van der Waals surface area contributed by atoms with Crippen LogP contribution in [0.5, 0.6) is 0 Å². The van der Waals surface area contributed by atoms with Crippen molar-refractivity contribution >= 4 is 12.0 Å². The van der Waals surface area contributed by atoms with Gasteiger partial charge in [-0.3, -0.25) is 4.79 Å². The lowest BCUT2D eigenvalue weighted by molar-refractivity contribution is -0.133. The van der Waals surface area contributed by atoms with E-state index in [0.717, 1.165) is 13.0 Å². The fraction of sp³-hybridized carbons (Fsp3) is 0.867. The second-order valence-electron chi connectivity index (χ2n) is 7.39. The first kappa shape index (κ1) is 15.1. The molecule has 0 radical (unpaired) electrons. The number of ether oxygens (including phenoxy) is 1. The number of carbonyl (C=O) groups excluding carboxylic acids is 2. The smallest absolute Gasteiger partial charge is 0.408 e. The number of hydrogen-bond donors (Lipinski definition) is 1. The number of carbonyl (C=O) groups is 2. The highest BCUT2D eigenvalue weighted by molar-refractivity contribution is 5.86. The number of amides is 2. The van der Waals surface area contributed by atoms with Gasteiger partial charge in [-0.1, -0.05) is 0 Å². The summed E-state index contributed by atoms with van der Waals surface area (Å²) in [6, 6.07) is -0.269. The first-order valence-electron chi connectivity index (χ1n) is 7.42. The van der Waals surface area contributed by atoms with Crippen molar-refractivity contribution in [1.29, 1.82) is 0 Å². The van der Waals surface area contributed by atoms with Crippen LogP contribution < -0.4 is 5.32 Å². The summed E-state index contributed by atoms with van der Waals surface area (Å²) in [5.74, 6) is -0.00728. The second-order valence-corrected chi connectivity index (χ2v) is 7.39. The van der Waals surface area contributed by atoms with E-state index in [1.165, 1.54) is 12.8 Å². The lowest BCUT2D eigenvalue weighted by Gasteiger charge is -2.27. The topological polar surface area (TPSA) is 58.6 Å². The van der Waals surface area contributed by atoms with Gasteiger partial charge in [-0.15, -0.1) is 0 Å². The molecule has 20 heavy (non-hydrogen) atoms. The highest BCUT2D eigenvalue weighted by Crippen LogP contribution is 2.54. The third-order valence-corrected chi connectivity index (χ3v) is 4.11. The molecule has 2 fully saturated rings. The largest absolute Gasteiger partial charge is 0.444 e. The number of hydrogen-bond acceptors (Lipinski definition) is 3. The maximum Gasteiger partial charge on any atom is 0.408 e. The molecule has 2 amide bonds. The number of nitrogens with zero attached hydrogens (tertiary/aromatic N) is 1. The molecule has 1 saturated heterocycles. The van der Waals surface area contributed by atoms with Crippen LogP contribution >= 0.6 is 0 Å². The van der Waals surface area contributed by atoms with Gasteiger partial charge in [-0.25, -0.2) is 4.79 Å². The van der Waals surface area contributed by atoms with Crippen molar-refractivity contribution in [2.24, 2.45) is 5.41 Å². The molecule has 0 aromatic rings. The predicted octanol–water partition coefficient (Wildman–Crippen LogP) is 2.30. The molecule has 5 nitrogen and oxygen atoms in total. The molecule has 0 bridgehead atoms. The van der Waals surface area contributed by atoms with Crippen molar-refractivity contribution in [3.63, 3.8) is 0 Å². The average molecular weight is 282 g/mol. The van der Waals surface area contributed by atoms with Crippen LogP contribution in [0, 0.1) is 5.41 Å². The Kier molecular flexibility index (Phi) is 3.73. The minimum absolute atomic E-state index is 0.00728. The summed E-state index contributed by atoms with van der Waals surface area (Å²) in [7, 11) is 0. The van der Waals surface area contributed by atoms with Crippen LogP contribution in [-0.4, -0.2) is 41.1 Å². The van der Waals surface area contributed by atoms with Crippen LogP contribution in [0.3, 0.4) is 0 Å². The number of rotatable bonds is 2. The third-order valence-electron chi connectivity index (χ3n) is 4.11. The van der Waals surface area contributed by atoms with Gasteiger partial charge in [0.05, 0.1) is 0 Å². The Balaban J connectivity index is 1.87.